The number of rotatable bonds is 55. The van der Waals surface area contributed by atoms with Gasteiger partial charge >= 0.3 is 19.8 Å². The zero-order valence-electron chi connectivity index (χ0n) is 46.8. The van der Waals surface area contributed by atoms with Crippen LogP contribution in [0.3, 0.4) is 0 Å². The second kappa shape index (κ2) is 58.2. The summed E-state index contributed by atoms with van der Waals surface area (Å²) in [5.41, 5.74) is 5.38. The fourth-order valence-corrected chi connectivity index (χ4v) is 8.91. The van der Waals surface area contributed by atoms with E-state index in [1.54, 1.807) is 0 Å². The second-order valence-electron chi connectivity index (χ2n) is 19.5. The van der Waals surface area contributed by atoms with Gasteiger partial charge in [-0.25, -0.2) is 4.57 Å². The van der Waals surface area contributed by atoms with Gasteiger partial charge in [0.2, 0.25) is 0 Å². The molecule has 0 fully saturated rings. The first kappa shape index (κ1) is 69.9. The smallest absolute Gasteiger partial charge is 0.462 e. The number of hydrogen-bond donors (Lipinski definition) is 2. The van der Waals surface area contributed by atoms with Crippen LogP contribution in [0, 0.1) is 0 Å². The Labute approximate surface area is 448 Å². The van der Waals surface area contributed by atoms with Crippen molar-refractivity contribution in [2.75, 3.05) is 26.4 Å². The molecule has 0 bridgehead atoms. The monoisotopic (exact) mass is 1040 g/mol. The molecule has 0 heterocycles. The van der Waals surface area contributed by atoms with Gasteiger partial charge in [-0.15, -0.1) is 0 Å². The lowest BCUT2D eigenvalue weighted by Gasteiger charge is -2.19. The Kier molecular flexibility index (Phi) is 55.7. The van der Waals surface area contributed by atoms with Crippen LogP contribution in [0.1, 0.15) is 258 Å². The van der Waals surface area contributed by atoms with Crippen LogP contribution in [0.4, 0.5) is 0 Å². The lowest BCUT2D eigenvalue weighted by Crippen LogP contribution is -2.29. The zero-order chi connectivity index (χ0) is 53.1. The van der Waals surface area contributed by atoms with Gasteiger partial charge in [-0.2, -0.15) is 0 Å². The summed E-state index contributed by atoms with van der Waals surface area (Å²) >= 11 is 0. The molecule has 0 aromatic heterocycles. The summed E-state index contributed by atoms with van der Waals surface area (Å²) in [7, 11) is -4.39. The summed E-state index contributed by atoms with van der Waals surface area (Å²) in [6.07, 6.45) is 77.7. The summed E-state index contributed by atoms with van der Waals surface area (Å²) < 4.78 is 33.0. The average molecular weight is 1040 g/mol. The summed E-state index contributed by atoms with van der Waals surface area (Å²) in [6, 6.07) is 0. The van der Waals surface area contributed by atoms with Gasteiger partial charge in [0.15, 0.2) is 6.10 Å². The second-order valence-corrected chi connectivity index (χ2v) is 20.9. The van der Waals surface area contributed by atoms with Crippen LogP contribution in [0.25, 0.3) is 0 Å². The third kappa shape index (κ3) is 58.1. The molecule has 0 rings (SSSR count). The molecule has 0 saturated carbocycles. The summed E-state index contributed by atoms with van der Waals surface area (Å²) in [4.78, 5) is 35.1. The summed E-state index contributed by atoms with van der Waals surface area (Å²) in [5, 5.41) is 0. The van der Waals surface area contributed by atoms with E-state index in [0.29, 0.717) is 12.8 Å². The van der Waals surface area contributed by atoms with Crippen LogP contribution >= 0.6 is 7.82 Å². The van der Waals surface area contributed by atoms with Crippen molar-refractivity contribution < 1.29 is 37.6 Å². The molecule has 0 aromatic carbocycles. The molecule has 0 aromatic rings. The van der Waals surface area contributed by atoms with Gasteiger partial charge in [-0.1, -0.05) is 252 Å². The molecule has 2 atom stereocenters. The molecule has 3 N–H and O–H groups in total. The third-order valence-corrected chi connectivity index (χ3v) is 13.4. The number of phosphoric acid groups is 1. The minimum atomic E-state index is -4.39. The maximum absolute atomic E-state index is 12.7. The zero-order valence-corrected chi connectivity index (χ0v) is 47.7. The number of phosphoric ester groups is 1. The highest BCUT2D eigenvalue weighted by Crippen LogP contribution is 2.43. The van der Waals surface area contributed by atoms with Gasteiger partial charge in [0, 0.05) is 19.4 Å². The number of ether oxygens (including phenoxy) is 2. The van der Waals surface area contributed by atoms with E-state index in [1.165, 1.54) is 116 Å². The van der Waals surface area contributed by atoms with Crippen molar-refractivity contribution in [1.82, 2.24) is 0 Å². The Morgan fingerprint density at radius 2 is 0.712 bits per heavy atom. The van der Waals surface area contributed by atoms with Gasteiger partial charge in [0.1, 0.15) is 6.61 Å². The van der Waals surface area contributed by atoms with E-state index in [9.17, 15) is 19.0 Å². The molecule has 0 aliphatic carbocycles. The maximum atomic E-state index is 12.7. The SMILES string of the molecule is CC/C=C\C/C=C\C/C=C\C/C=C\C/C=C\CCCCCCCCCCCCCCCCCCCCCCCC(=O)OC(COC(=O)CCCCCCC/C=C\C/C=C\C/C=C\CC)COP(=O)(O)OCCN. The summed E-state index contributed by atoms with van der Waals surface area (Å²) in [5.74, 6) is -0.844. The van der Waals surface area contributed by atoms with Crippen LogP contribution in [-0.2, 0) is 32.7 Å². The molecule has 2 unspecified atom stereocenters. The summed E-state index contributed by atoms with van der Waals surface area (Å²) in [6.45, 7) is 3.51. The largest absolute Gasteiger partial charge is 0.472 e. The number of allylic oxidation sites excluding steroid dienone is 16. The number of hydrogen-bond acceptors (Lipinski definition) is 8. The van der Waals surface area contributed by atoms with Gasteiger partial charge < -0.3 is 20.1 Å². The highest BCUT2D eigenvalue weighted by Gasteiger charge is 2.26. The Balaban J connectivity index is 3.84. The van der Waals surface area contributed by atoms with Crippen molar-refractivity contribution in [3.8, 4) is 0 Å². The molecular formula is C63H110NO8P. The van der Waals surface area contributed by atoms with Gasteiger partial charge in [0.05, 0.1) is 13.2 Å². The Hall–Kier alpha value is -3.07. The van der Waals surface area contributed by atoms with Crippen LogP contribution in [0.2, 0.25) is 0 Å². The highest BCUT2D eigenvalue weighted by molar-refractivity contribution is 7.47. The van der Waals surface area contributed by atoms with E-state index in [2.05, 4.69) is 111 Å². The predicted molar refractivity (Wildman–Crippen MR) is 312 cm³/mol. The van der Waals surface area contributed by atoms with E-state index in [4.69, 9.17) is 24.3 Å². The predicted octanol–water partition coefficient (Wildman–Crippen LogP) is 18.8. The molecule has 0 spiro atoms. The Morgan fingerprint density at radius 1 is 0.411 bits per heavy atom. The molecule has 420 valence electrons. The van der Waals surface area contributed by atoms with Crippen molar-refractivity contribution in [3.63, 3.8) is 0 Å². The van der Waals surface area contributed by atoms with Crippen LogP contribution in [-0.4, -0.2) is 49.3 Å². The fourth-order valence-electron chi connectivity index (χ4n) is 8.15. The lowest BCUT2D eigenvalue weighted by atomic mass is 10.0. The normalized spacial score (nSPS) is 13.8. The van der Waals surface area contributed by atoms with Gasteiger partial charge in [-0.05, 0) is 89.9 Å². The van der Waals surface area contributed by atoms with Crippen LogP contribution < -0.4 is 5.73 Å². The first-order valence-corrected chi connectivity index (χ1v) is 31.2. The fraction of sp³-hybridized carbons (Fsp3) is 0.714. The molecule has 0 saturated heterocycles. The number of carbonyl (C=O) groups excluding carboxylic acids is 2. The number of carbonyl (C=O) groups is 2. The molecule has 73 heavy (non-hydrogen) atoms. The van der Waals surface area contributed by atoms with Crippen molar-refractivity contribution in [2.24, 2.45) is 5.73 Å². The number of nitrogens with two attached hydrogens (primary N) is 1. The van der Waals surface area contributed by atoms with E-state index in [1.807, 2.05) is 0 Å². The standard InChI is InChI=1S/C63H110NO8P/c1-3-5-7-9-11-13-15-17-19-20-21-22-23-24-25-26-27-28-29-30-31-32-33-34-35-36-37-38-39-40-42-44-46-48-50-52-54-56-63(66)72-61(60-71-73(67,68)70-58-57-64)59-69-62(65)55-53-51-49-47-45-43-41-18-16-14-12-10-8-6-4-2/h5-8,11-14,17-19,21-22,24-25,41,61H,3-4,9-10,15-16,20,23,26-40,42-60,64H2,1-2H3,(H,67,68)/b7-5-,8-6-,13-11-,14-12-,19-17-,22-21-,25-24-,41-18-. The van der Waals surface area contributed by atoms with Crippen molar-refractivity contribution >= 4 is 19.8 Å². The van der Waals surface area contributed by atoms with Crippen LogP contribution in [0.5, 0.6) is 0 Å². The highest BCUT2D eigenvalue weighted by atomic mass is 31.2. The average Bonchev–Trinajstić information content (AvgIpc) is 3.38. The molecule has 10 heteroatoms. The maximum Gasteiger partial charge on any atom is 0.472 e. The third-order valence-electron chi connectivity index (χ3n) is 12.5. The first-order valence-electron chi connectivity index (χ1n) is 29.7. The first-order chi connectivity index (χ1) is 35.8. The molecule has 0 amide bonds. The Morgan fingerprint density at radius 3 is 1.05 bits per heavy atom. The van der Waals surface area contributed by atoms with Crippen molar-refractivity contribution in [3.05, 3.63) is 97.2 Å². The van der Waals surface area contributed by atoms with E-state index in [-0.39, 0.29) is 32.6 Å². The number of unbranched alkanes of at least 4 members (excludes halogenated alkanes) is 26. The lowest BCUT2D eigenvalue weighted by molar-refractivity contribution is -0.161. The van der Waals surface area contributed by atoms with Crippen molar-refractivity contribution in [1.29, 1.82) is 0 Å². The van der Waals surface area contributed by atoms with E-state index in [0.717, 1.165) is 103 Å². The Bertz CT molecular complexity index is 1510. The number of esters is 2. The van der Waals surface area contributed by atoms with Gasteiger partial charge in [0.25, 0.3) is 0 Å². The molecule has 0 radical (unpaired) electrons. The molecular weight excluding hydrogens is 930 g/mol. The minimum Gasteiger partial charge on any atom is -0.462 e. The quantitative estimate of drug-likeness (QED) is 0.0264. The molecule has 9 nitrogen and oxygen atoms in total. The van der Waals surface area contributed by atoms with Gasteiger partial charge in [-0.3, -0.25) is 18.6 Å². The van der Waals surface area contributed by atoms with E-state index >= 15 is 0 Å². The minimum absolute atomic E-state index is 0.0485. The topological polar surface area (TPSA) is 134 Å². The molecule has 0 aliphatic rings. The van der Waals surface area contributed by atoms with Crippen molar-refractivity contribution in [2.45, 2.75) is 264 Å². The molecule has 0 aliphatic heterocycles. The van der Waals surface area contributed by atoms with Crippen LogP contribution in [0.15, 0.2) is 97.2 Å². The van der Waals surface area contributed by atoms with E-state index < -0.39 is 32.5 Å².